The summed E-state index contributed by atoms with van der Waals surface area (Å²) in [6.45, 7) is 5.49. The van der Waals surface area contributed by atoms with Crippen LogP contribution in [0.1, 0.15) is 44.7 Å². The molecule has 2 N–H and O–H groups in total. The average Bonchev–Trinajstić information content (AvgIpc) is 2.90. The van der Waals surface area contributed by atoms with E-state index in [9.17, 15) is 14.7 Å². The lowest BCUT2D eigenvalue weighted by molar-refractivity contribution is 0.0698. The molecule has 0 spiro atoms. The van der Waals surface area contributed by atoms with Crippen molar-refractivity contribution in [2.75, 3.05) is 5.32 Å². The third kappa shape index (κ3) is 3.13. The molecule has 0 radical (unpaired) electrons. The van der Waals surface area contributed by atoms with E-state index in [4.69, 9.17) is 4.42 Å². The van der Waals surface area contributed by atoms with Gasteiger partial charge < -0.3 is 14.8 Å². The molecule has 21 heavy (non-hydrogen) atoms. The van der Waals surface area contributed by atoms with E-state index >= 15 is 0 Å². The second kappa shape index (κ2) is 5.83. The van der Waals surface area contributed by atoms with E-state index in [1.54, 1.807) is 19.1 Å². The predicted molar refractivity (Wildman–Crippen MR) is 78.9 cm³/mol. The number of benzene rings is 1. The van der Waals surface area contributed by atoms with E-state index in [0.717, 1.165) is 5.56 Å². The minimum Gasteiger partial charge on any atom is -0.478 e. The molecule has 0 fully saturated rings. The Labute approximate surface area is 122 Å². The number of carbonyl (C=O) groups is 2. The highest BCUT2D eigenvalue weighted by molar-refractivity contribution is 6.07. The Hall–Kier alpha value is -2.56. The molecule has 1 heterocycles. The van der Waals surface area contributed by atoms with Crippen LogP contribution >= 0.6 is 0 Å². The van der Waals surface area contributed by atoms with Gasteiger partial charge in [0.05, 0.1) is 11.3 Å². The van der Waals surface area contributed by atoms with Crippen molar-refractivity contribution in [3.05, 3.63) is 52.5 Å². The fraction of sp³-hybridized carbons (Fsp3) is 0.250. The topological polar surface area (TPSA) is 79.5 Å². The van der Waals surface area contributed by atoms with Gasteiger partial charge in [-0.2, -0.15) is 0 Å². The highest BCUT2D eigenvalue weighted by atomic mass is 16.4. The Balaban J connectivity index is 2.34. The number of furan rings is 1. The second-order valence-electron chi connectivity index (χ2n) is 4.88. The Morgan fingerprint density at radius 3 is 2.52 bits per heavy atom. The van der Waals surface area contributed by atoms with Crippen LogP contribution in [0.2, 0.25) is 0 Å². The van der Waals surface area contributed by atoms with Gasteiger partial charge in [-0.1, -0.05) is 13.0 Å². The van der Waals surface area contributed by atoms with Crippen LogP contribution in [0.15, 0.2) is 28.7 Å². The number of hydrogen-bond acceptors (Lipinski definition) is 3. The summed E-state index contributed by atoms with van der Waals surface area (Å²) in [6.07, 6.45) is 0.692. The molecule has 0 aliphatic heterocycles. The van der Waals surface area contributed by atoms with Crippen molar-refractivity contribution in [2.24, 2.45) is 0 Å². The lowest BCUT2D eigenvalue weighted by Gasteiger charge is -2.12. The Morgan fingerprint density at radius 2 is 1.95 bits per heavy atom. The molecule has 0 bridgehead atoms. The Bertz CT molecular complexity index is 700. The summed E-state index contributed by atoms with van der Waals surface area (Å²) in [6, 6.07) is 6.67. The van der Waals surface area contributed by atoms with Gasteiger partial charge in [0.15, 0.2) is 5.76 Å². The molecule has 2 aromatic rings. The Morgan fingerprint density at radius 1 is 1.24 bits per heavy atom. The third-order valence-electron chi connectivity index (χ3n) is 3.18. The van der Waals surface area contributed by atoms with Crippen LogP contribution in [0.25, 0.3) is 0 Å². The number of nitrogens with one attached hydrogen (secondary N) is 1. The van der Waals surface area contributed by atoms with E-state index < -0.39 is 11.9 Å². The number of aromatic carboxylic acids is 1. The van der Waals surface area contributed by atoms with Crippen LogP contribution in [0, 0.1) is 13.8 Å². The van der Waals surface area contributed by atoms with Crippen molar-refractivity contribution >= 4 is 17.6 Å². The highest BCUT2D eigenvalue weighted by Crippen LogP contribution is 2.24. The standard InChI is InChI=1S/C16H17NO4/c1-4-11-5-6-13(21-11)15(18)17-14-10(3)7-9(2)8-12(14)16(19)20/h5-8H,4H2,1-3H3,(H,17,18)(H,19,20). The zero-order valence-corrected chi connectivity index (χ0v) is 12.2. The molecule has 0 aliphatic rings. The molecular weight excluding hydrogens is 270 g/mol. The van der Waals surface area contributed by atoms with Gasteiger partial charge in [-0.15, -0.1) is 0 Å². The van der Waals surface area contributed by atoms with Crippen molar-refractivity contribution in [2.45, 2.75) is 27.2 Å². The summed E-state index contributed by atoms with van der Waals surface area (Å²) in [5, 5.41) is 11.9. The zero-order valence-electron chi connectivity index (χ0n) is 12.2. The maximum Gasteiger partial charge on any atom is 0.337 e. The lowest BCUT2D eigenvalue weighted by atomic mass is 10.0. The average molecular weight is 287 g/mol. The predicted octanol–water partition coefficient (Wildman–Crippen LogP) is 3.41. The van der Waals surface area contributed by atoms with Gasteiger partial charge in [-0.25, -0.2) is 4.79 Å². The summed E-state index contributed by atoms with van der Waals surface area (Å²) in [5.41, 5.74) is 1.90. The smallest absolute Gasteiger partial charge is 0.337 e. The monoisotopic (exact) mass is 287 g/mol. The van der Waals surface area contributed by atoms with Gasteiger partial charge in [-0.05, 0) is 43.2 Å². The highest BCUT2D eigenvalue weighted by Gasteiger charge is 2.18. The van der Waals surface area contributed by atoms with Gasteiger partial charge in [0.1, 0.15) is 5.76 Å². The number of aryl methyl sites for hydroxylation is 3. The van der Waals surface area contributed by atoms with Crippen molar-refractivity contribution < 1.29 is 19.1 Å². The Kier molecular flexibility index (Phi) is 4.12. The number of carbonyl (C=O) groups excluding carboxylic acids is 1. The lowest BCUT2D eigenvalue weighted by Crippen LogP contribution is -2.15. The van der Waals surface area contributed by atoms with Crippen molar-refractivity contribution in [1.82, 2.24) is 0 Å². The van der Waals surface area contributed by atoms with Crippen molar-refractivity contribution in [3.8, 4) is 0 Å². The molecule has 0 saturated carbocycles. The number of carboxylic acid groups (broad SMARTS) is 1. The minimum absolute atomic E-state index is 0.0723. The van der Waals surface area contributed by atoms with Crippen LogP contribution in [0.5, 0.6) is 0 Å². The number of carboxylic acids is 1. The third-order valence-corrected chi connectivity index (χ3v) is 3.18. The number of rotatable bonds is 4. The van der Waals surface area contributed by atoms with Gasteiger partial charge >= 0.3 is 5.97 Å². The zero-order chi connectivity index (χ0) is 15.6. The van der Waals surface area contributed by atoms with Crippen molar-refractivity contribution in [1.29, 1.82) is 0 Å². The maximum absolute atomic E-state index is 12.2. The summed E-state index contributed by atoms with van der Waals surface area (Å²) in [5.74, 6) is -0.655. The van der Waals surface area contributed by atoms with Crippen LogP contribution in [0.3, 0.4) is 0 Å². The van der Waals surface area contributed by atoms with Gasteiger partial charge in [-0.3, -0.25) is 4.79 Å². The van der Waals surface area contributed by atoms with Crippen LogP contribution in [-0.4, -0.2) is 17.0 Å². The second-order valence-corrected chi connectivity index (χ2v) is 4.88. The molecule has 0 aliphatic carbocycles. The fourth-order valence-electron chi connectivity index (χ4n) is 2.17. The molecule has 1 amide bonds. The largest absolute Gasteiger partial charge is 0.478 e. The van der Waals surface area contributed by atoms with E-state index in [-0.39, 0.29) is 11.3 Å². The first-order valence-corrected chi connectivity index (χ1v) is 6.67. The summed E-state index contributed by atoms with van der Waals surface area (Å²) in [7, 11) is 0. The molecule has 2 rings (SSSR count). The maximum atomic E-state index is 12.2. The molecular formula is C16H17NO4. The normalized spacial score (nSPS) is 10.4. The van der Waals surface area contributed by atoms with E-state index in [2.05, 4.69) is 5.32 Å². The first-order valence-electron chi connectivity index (χ1n) is 6.67. The van der Waals surface area contributed by atoms with E-state index in [1.807, 2.05) is 19.9 Å². The van der Waals surface area contributed by atoms with E-state index in [0.29, 0.717) is 23.4 Å². The molecule has 0 saturated heterocycles. The minimum atomic E-state index is -1.08. The molecule has 5 heteroatoms. The van der Waals surface area contributed by atoms with Gasteiger partial charge in [0.25, 0.3) is 5.91 Å². The number of hydrogen-bond donors (Lipinski definition) is 2. The summed E-state index contributed by atoms with van der Waals surface area (Å²) >= 11 is 0. The first-order chi connectivity index (χ1) is 9.92. The fourth-order valence-corrected chi connectivity index (χ4v) is 2.17. The summed E-state index contributed by atoms with van der Waals surface area (Å²) < 4.78 is 5.37. The van der Waals surface area contributed by atoms with Gasteiger partial charge in [0.2, 0.25) is 0 Å². The molecule has 5 nitrogen and oxygen atoms in total. The first kappa shape index (κ1) is 14.8. The van der Waals surface area contributed by atoms with Crippen molar-refractivity contribution in [3.63, 3.8) is 0 Å². The molecule has 110 valence electrons. The SMILES string of the molecule is CCc1ccc(C(=O)Nc2c(C)cc(C)cc2C(=O)O)o1. The van der Waals surface area contributed by atoms with Gasteiger partial charge in [0, 0.05) is 6.42 Å². The van der Waals surface area contributed by atoms with Crippen LogP contribution in [-0.2, 0) is 6.42 Å². The summed E-state index contributed by atoms with van der Waals surface area (Å²) in [4.78, 5) is 23.5. The molecule has 1 aromatic heterocycles. The number of anilines is 1. The van der Waals surface area contributed by atoms with E-state index in [1.165, 1.54) is 6.07 Å². The quantitative estimate of drug-likeness (QED) is 0.903. The molecule has 0 unspecified atom stereocenters. The van der Waals surface area contributed by atoms with Crippen LogP contribution < -0.4 is 5.32 Å². The van der Waals surface area contributed by atoms with Crippen LogP contribution in [0.4, 0.5) is 5.69 Å². The molecule has 1 aromatic carbocycles. The molecule has 0 atom stereocenters. The number of amides is 1.